The first kappa shape index (κ1) is 15.9. The molecule has 0 atom stereocenters. The Labute approximate surface area is 118 Å². The van der Waals surface area contributed by atoms with Crippen molar-refractivity contribution in [1.82, 2.24) is 9.88 Å². The second-order valence-corrected chi connectivity index (χ2v) is 6.47. The number of methoxy groups -OCH3 is 1. The van der Waals surface area contributed by atoms with E-state index in [1.807, 2.05) is 16.9 Å². The lowest BCUT2D eigenvalue weighted by Crippen LogP contribution is -2.32. The molecule has 0 saturated carbocycles. The smallest absolute Gasteiger partial charge is 0.343 e. The van der Waals surface area contributed by atoms with Gasteiger partial charge in [-0.05, 0) is 12.3 Å². The van der Waals surface area contributed by atoms with Crippen LogP contribution < -0.4 is 10.1 Å². The second kappa shape index (κ2) is 6.86. The number of amides is 2. The summed E-state index contributed by atoms with van der Waals surface area (Å²) in [6, 6.07) is -0.289. The molecule has 1 rings (SSSR count). The fourth-order valence-corrected chi connectivity index (χ4v) is 2.33. The van der Waals surface area contributed by atoms with Crippen LogP contribution in [0.4, 0.5) is 4.79 Å². The zero-order valence-electron chi connectivity index (χ0n) is 12.3. The summed E-state index contributed by atoms with van der Waals surface area (Å²) < 4.78 is 7.05. The molecule has 0 saturated heterocycles. The van der Waals surface area contributed by atoms with Gasteiger partial charge in [0, 0.05) is 31.3 Å². The van der Waals surface area contributed by atoms with Gasteiger partial charge in [0.15, 0.2) is 4.80 Å². The van der Waals surface area contributed by atoms with Crippen molar-refractivity contribution in [2.75, 3.05) is 20.3 Å². The van der Waals surface area contributed by atoms with E-state index in [1.54, 1.807) is 7.11 Å². The van der Waals surface area contributed by atoms with Gasteiger partial charge >= 0.3 is 6.03 Å². The third kappa shape index (κ3) is 5.57. The van der Waals surface area contributed by atoms with E-state index in [4.69, 9.17) is 4.74 Å². The topological polar surface area (TPSA) is 55.6 Å². The number of nitrogens with one attached hydrogen (secondary N) is 1. The van der Waals surface area contributed by atoms with Crippen molar-refractivity contribution in [3.8, 4) is 0 Å². The van der Waals surface area contributed by atoms with Gasteiger partial charge in [-0.15, -0.1) is 11.3 Å². The molecule has 2 amide bonds. The van der Waals surface area contributed by atoms with Crippen LogP contribution in [0, 0.1) is 12.3 Å². The maximum atomic E-state index is 11.8. The number of aryl methyl sites for hydroxylation is 1. The SMILES string of the molecule is COCCn1c(C)csc1=NC(=O)NCC(C)(C)C. The van der Waals surface area contributed by atoms with Crippen LogP contribution in [0.25, 0.3) is 0 Å². The van der Waals surface area contributed by atoms with Gasteiger partial charge in [0.2, 0.25) is 0 Å². The van der Waals surface area contributed by atoms with E-state index in [9.17, 15) is 4.79 Å². The molecule has 1 N–H and O–H groups in total. The van der Waals surface area contributed by atoms with Crippen LogP contribution in [0.3, 0.4) is 0 Å². The van der Waals surface area contributed by atoms with Gasteiger partial charge in [-0.3, -0.25) is 0 Å². The van der Waals surface area contributed by atoms with Crippen LogP contribution >= 0.6 is 11.3 Å². The summed E-state index contributed by atoms with van der Waals surface area (Å²) in [5.74, 6) is 0. The molecule has 0 bridgehead atoms. The molecule has 0 radical (unpaired) electrons. The molecule has 0 unspecified atom stereocenters. The molecule has 1 aromatic heterocycles. The standard InChI is InChI=1S/C13H23N3O2S/c1-10-8-19-12(16(10)6-7-18-5)15-11(17)14-9-13(2,3)4/h8H,6-7,9H2,1-5H3,(H,14,17). The Hall–Kier alpha value is -1.14. The molecular formula is C13H23N3O2S. The zero-order chi connectivity index (χ0) is 14.5. The van der Waals surface area contributed by atoms with Crippen molar-refractivity contribution in [3.05, 3.63) is 15.9 Å². The molecule has 0 fully saturated rings. The first-order valence-corrected chi connectivity index (χ1v) is 7.18. The van der Waals surface area contributed by atoms with Crippen molar-refractivity contribution < 1.29 is 9.53 Å². The summed E-state index contributed by atoms with van der Waals surface area (Å²) >= 11 is 1.47. The number of ether oxygens (including phenoxy) is 1. The van der Waals surface area contributed by atoms with Crippen LogP contribution in [-0.2, 0) is 11.3 Å². The van der Waals surface area contributed by atoms with Gasteiger partial charge in [0.25, 0.3) is 0 Å². The normalized spacial score (nSPS) is 12.8. The van der Waals surface area contributed by atoms with Crippen molar-refractivity contribution in [2.45, 2.75) is 34.2 Å². The number of nitrogens with zero attached hydrogens (tertiary/aromatic N) is 2. The fraction of sp³-hybridized carbons (Fsp3) is 0.692. The summed E-state index contributed by atoms with van der Waals surface area (Å²) in [6.45, 7) is 10.1. The number of hydrogen-bond acceptors (Lipinski definition) is 3. The summed E-state index contributed by atoms with van der Waals surface area (Å²) in [7, 11) is 1.66. The van der Waals surface area contributed by atoms with Crippen molar-refractivity contribution in [1.29, 1.82) is 0 Å². The number of aromatic nitrogens is 1. The minimum Gasteiger partial charge on any atom is -0.383 e. The first-order valence-electron chi connectivity index (χ1n) is 6.30. The Kier molecular flexibility index (Phi) is 5.75. The third-order valence-electron chi connectivity index (χ3n) is 2.48. The Morgan fingerprint density at radius 1 is 1.53 bits per heavy atom. The summed E-state index contributed by atoms with van der Waals surface area (Å²) in [6.07, 6.45) is 0. The molecule has 108 valence electrons. The van der Waals surface area contributed by atoms with Gasteiger partial charge in [0.05, 0.1) is 6.61 Å². The average molecular weight is 285 g/mol. The number of hydrogen-bond donors (Lipinski definition) is 1. The average Bonchev–Trinajstić information content (AvgIpc) is 2.64. The Morgan fingerprint density at radius 2 is 2.21 bits per heavy atom. The number of rotatable bonds is 4. The zero-order valence-corrected chi connectivity index (χ0v) is 13.1. The van der Waals surface area contributed by atoms with Crippen LogP contribution in [0.2, 0.25) is 0 Å². The predicted octanol–water partition coefficient (Wildman–Crippen LogP) is 2.16. The lowest BCUT2D eigenvalue weighted by molar-refractivity contribution is 0.185. The van der Waals surface area contributed by atoms with Gasteiger partial charge in [0.1, 0.15) is 0 Å². The molecule has 0 aliphatic carbocycles. The van der Waals surface area contributed by atoms with Crippen molar-refractivity contribution in [3.63, 3.8) is 0 Å². The highest BCUT2D eigenvalue weighted by molar-refractivity contribution is 7.07. The van der Waals surface area contributed by atoms with Gasteiger partial charge in [-0.2, -0.15) is 4.99 Å². The van der Waals surface area contributed by atoms with E-state index >= 15 is 0 Å². The van der Waals surface area contributed by atoms with E-state index in [-0.39, 0.29) is 11.4 Å². The second-order valence-electron chi connectivity index (χ2n) is 5.64. The molecule has 0 aliphatic heterocycles. The van der Waals surface area contributed by atoms with E-state index in [2.05, 4.69) is 31.1 Å². The Morgan fingerprint density at radius 3 is 2.79 bits per heavy atom. The maximum absolute atomic E-state index is 11.8. The molecule has 0 spiro atoms. The summed E-state index contributed by atoms with van der Waals surface area (Å²) in [5.41, 5.74) is 1.15. The minimum absolute atomic E-state index is 0.0581. The first-order chi connectivity index (χ1) is 8.83. The molecule has 0 aromatic carbocycles. The molecular weight excluding hydrogens is 262 g/mol. The molecule has 5 nitrogen and oxygen atoms in total. The largest absolute Gasteiger partial charge is 0.383 e. The van der Waals surface area contributed by atoms with Crippen LogP contribution in [-0.4, -0.2) is 30.9 Å². The number of carbonyl (C=O) groups is 1. The highest BCUT2D eigenvalue weighted by Crippen LogP contribution is 2.10. The van der Waals surface area contributed by atoms with Gasteiger partial charge in [-0.25, -0.2) is 4.79 Å². The number of thiazole rings is 1. The number of urea groups is 1. The minimum atomic E-state index is -0.289. The monoisotopic (exact) mass is 285 g/mol. The van der Waals surface area contributed by atoms with Crippen LogP contribution in [0.5, 0.6) is 0 Å². The van der Waals surface area contributed by atoms with E-state index in [0.717, 1.165) is 5.69 Å². The van der Waals surface area contributed by atoms with Crippen LogP contribution in [0.15, 0.2) is 10.4 Å². The quantitative estimate of drug-likeness (QED) is 0.921. The van der Waals surface area contributed by atoms with Crippen LogP contribution in [0.1, 0.15) is 26.5 Å². The van der Waals surface area contributed by atoms with Crippen molar-refractivity contribution in [2.24, 2.45) is 10.4 Å². The Bertz CT molecular complexity index is 483. The lowest BCUT2D eigenvalue weighted by atomic mass is 9.97. The predicted molar refractivity (Wildman–Crippen MR) is 77.3 cm³/mol. The maximum Gasteiger partial charge on any atom is 0.343 e. The summed E-state index contributed by atoms with van der Waals surface area (Å²) in [4.78, 5) is 16.6. The van der Waals surface area contributed by atoms with Gasteiger partial charge < -0.3 is 14.6 Å². The molecule has 6 heteroatoms. The van der Waals surface area contributed by atoms with Crippen molar-refractivity contribution >= 4 is 17.4 Å². The molecule has 1 aromatic rings. The van der Waals surface area contributed by atoms with Gasteiger partial charge in [-0.1, -0.05) is 20.8 Å². The molecule has 1 heterocycles. The number of carbonyl (C=O) groups excluding carboxylic acids is 1. The van der Waals surface area contributed by atoms with E-state index < -0.39 is 0 Å². The highest BCUT2D eigenvalue weighted by atomic mass is 32.1. The molecule has 19 heavy (non-hydrogen) atoms. The Balaban J connectivity index is 2.78. The lowest BCUT2D eigenvalue weighted by Gasteiger charge is -2.17. The van der Waals surface area contributed by atoms with E-state index in [1.165, 1.54) is 11.3 Å². The van der Waals surface area contributed by atoms with E-state index in [0.29, 0.717) is 24.5 Å². The third-order valence-corrected chi connectivity index (χ3v) is 3.46. The highest BCUT2D eigenvalue weighted by Gasteiger charge is 2.11. The fourth-order valence-electron chi connectivity index (χ4n) is 1.42. The molecule has 0 aliphatic rings. The summed E-state index contributed by atoms with van der Waals surface area (Å²) in [5, 5.41) is 4.81.